The van der Waals surface area contributed by atoms with E-state index in [0.717, 1.165) is 25.8 Å². The van der Waals surface area contributed by atoms with E-state index >= 15 is 0 Å². The predicted molar refractivity (Wildman–Crippen MR) is 75.6 cm³/mol. The highest BCUT2D eigenvalue weighted by Crippen LogP contribution is 2.25. The van der Waals surface area contributed by atoms with Crippen molar-refractivity contribution >= 4 is 10.0 Å². The molecule has 0 unspecified atom stereocenters. The van der Waals surface area contributed by atoms with Crippen molar-refractivity contribution in [3.63, 3.8) is 0 Å². The zero-order chi connectivity index (χ0) is 14.8. The van der Waals surface area contributed by atoms with Crippen molar-refractivity contribution in [2.45, 2.75) is 50.8 Å². The summed E-state index contributed by atoms with van der Waals surface area (Å²) in [5.74, 6) is 0.448. The summed E-state index contributed by atoms with van der Waals surface area (Å²) < 4.78 is 28.6. The highest BCUT2D eigenvalue weighted by molar-refractivity contribution is 7.89. The van der Waals surface area contributed by atoms with Crippen molar-refractivity contribution < 1.29 is 13.5 Å². The van der Waals surface area contributed by atoms with Gasteiger partial charge in [0.15, 0.2) is 5.03 Å². The summed E-state index contributed by atoms with van der Waals surface area (Å²) in [6.07, 6.45) is 5.28. The number of hydrogen-bond acceptors (Lipinski definition) is 4. The van der Waals surface area contributed by atoms with E-state index < -0.39 is 16.1 Å². The maximum absolute atomic E-state index is 12.1. The van der Waals surface area contributed by atoms with Crippen LogP contribution in [0.2, 0.25) is 0 Å². The van der Waals surface area contributed by atoms with Crippen LogP contribution in [0, 0.1) is 11.8 Å². The van der Waals surface area contributed by atoms with Crippen LogP contribution in [-0.4, -0.2) is 35.7 Å². The van der Waals surface area contributed by atoms with Gasteiger partial charge in [0.2, 0.25) is 0 Å². The van der Waals surface area contributed by atoms with Crippen LogP contribution in [-0.2, 0) is 16.6 Å². The van der Waals surface area contributed by atoms with Crippen molar-refractivity contribution in [3.8, 4) is 0 Å². The Morgan fingerprint density at radius 3 is 2.85 bits per heavy atom. The highest BCUT2D eigenvalue weighted by Gasteiger charge is 2.27. The Bertz CT molecular complexity index is 539. The highest BCUT2D eigenvalue weighted by atomic mass is 32.2. The van der Waals surface area contributed by atoms with Gasteiger partial charge in [-0.1, -0.05) is 20.3 Å². The number of aliphatic hydroxyl groups is 1. The lowest BCUT2D eigenvalue weighted by atomic mass is 10.1. The minimum Gasteiger partial charge on any atom is -0.393 e. The molecule has 2 atom stereocenters. The van der Waals surface area contributed by atoms with Gasteiger partial charge in [-0.3, -0.25) is 0 Å². The second kappa shape index (κ2) is 6.24. The van der Waals surface area contributed by atoms with Crippen LogP contribution in [0.15, 0.2) is 17.6 Å². The first-order chi connectivity index (χ1) is 9.38. The molecule has 1 heterocycles. The Hall–Kier alpha value is -0.920. The molecular formula is C13H23N3O3S. The maximum atomic E-state index is 12.1. The number of aliphatic hydroxyl groups excluding tert-OH is 1. The number of hydrogen-bond donors (Lipinski definition) is 2. The Morgan fingerprint density at radius 2 is 2.25 bits per heavy atom. The number of aromatic nitrogens is 2. The van der Waals surface area contributed by atoms with Crippen LogP contribution in [0.1, 0.15) is 33.1 Å². The Kier molecular flexibility index (Phi) is 4.82. The molecule has 0 spiro atoms. The fraction of sp³-hybridized carbons (Fsp3) is 0.769. The third kappa shape index (κ3) is 3.80. The summed E-state index contributed by atoms with van der Waals surface area (Å²) in [4.78, 5) is 3.96. The number of nitrogens with zero attached hydrogens (tertiary/aromatic N) is 2. The number of nitrogens with one attached hydrogen (secondary N) is 1. The Labute approximate surface area is 120 Å². The molecule has 0 radical (unpaired) electrons. The van der Waals surface area contributed by atoms with Crippen molar-refractivity contribution in [2.75, 3.05) is 6.54 Å². The summed E-state index contributed by atoms with van der Waals surface area (Å²) in [5.41, 5.74) is 0. The first-order valence-electron chi connectivity index (χ1n) is 7.08. The van der Waals surface area contributed by atoms with Gasteiger partial charge in [-0.2, -0.15) is 0 Å². The van der Waals surface area contributed by atoms with Crippen LogP contribution < -0.4 is 4.72 Å². The van der Waals surface area contributed by atoms with Crippen molar-refractivity contribution in [1.82, 2.24) is 14.3 Å². The largest absolute Gasteiger partial charge is 0.393 e. The lowest BCUT2D eigenvalue weighted by Crippen LogP contribution is -2.32. The number of sulfonamides is 1. The lowest BCUT2D eigenvalue weighted by Gasteiger charge is -2.14. The van der Waals surface area contributed by atoms with Crippen LogP contribution in [0.3, 0.4) is 0 Å². The molecular weight excluding hydrogens is 278 g/mol. The Morgan fingerprint density at radius 1 is 1.50 bits per heavy atom. The van der Waals surface area contributed by atoms with Gasteiger partial charge in [-0.15, -0.1) is 0 Å². The van der Waals surface area contributed by atoms with Crippen molar-refractivity contribution in [1.29, 1.82) is 0 Å². The quantitative estimate of drug-likeness (QED) is 0.820. The van der Waals surface area contributed by atoms with Gasteiger partial charge in [0.05, 0.1) is 12.4 Å². The van der Waals surface area contributed by atoms with Gasteiger partial charge < -0.3 is 9.67 Å². The molecule has 0 saturated heterocycles. The second-order valence-corrected chi connectivity index (χ2v) is 7.63. The maximum Gasteiger partial charge on any atom is 0.259 e. The standard InChI is InChI=1S/C13H23N3O3S/c1-10(2)7-16-8-13(14-9-16)20(18,19)15-6-11-4-3-5-12(11)17/h8-12,15,17H,3-7H2,1-2H3/t11-,12+/m0/s1. The molecule has 0 aliphatic heterocycles. The third-order valence-electron chi connectivity index (χ3n) is 3.62. The van der Waals surface area contributed by atoms with Crippen molar-refractivity contribution in [2.24, 2.45) is 11.8 Å². The molecule has 1 aromatic rings. The summed E-state index contributed by atoms with van der Waals surface area (Å²) >= 11 is 0. The Balaban J connectivity index is 1.97. The average molecular weight is 301 g/mol. The smallest absolute Gasteiger partial charge is 0.259 e. The van der Waals surface area contributed by atoms with Gasteiger partial charge in [0.1, 0.15) is 0 Å². The van der Waals surface area contributed by atoms with E-state index in [0.29, 0.717) is 5.92 Å². The molecule has 0 bridgehead atoms. The molecule has 114 valence electrons. The second-order valence-electron chi connectivity index (χ2n) is 5.91. The monoisotopic (exact) mass is 301 g/mol. The fourth-order valence-electron chi connectivity index (χ4n) is 2.55. The average Bonchev–Trinajstić information content (AvgIpc) is 2.95. The zero-order valence-corrected chi connectivity index (χ0v) is 12.8. The van der Waals surface area contributed by atoms with Crippen LogP contribution in [0.25, 0.3) is 0 Å². The molecule has 20 heavy (non-hydrogen) atoms. The molecule has 0 amide bonds. The summed E-state index contributed by atoms with van der Waals surface area (Å²) in [7, 11) is -3.58. The molecule has 1 aliphatic carbocycles. The van der Waals surface area contributed by atoms with E-state index in [1.807, 2.05) is 0 Å². The van der Waals surface area contributed by atoms with Crippen LogP contribution in [0.4, 0.5) is 0 Å². The summed E-state index contributed by atoms with van der Waals surface area (Å²) in [5, 5.41) is 9.75. The molecule has 7 heteroatoms. The first-order valence-corrected chi connectivity index (χ1v) is 8.56. The van der Waals surface area contributed by atoms with E-state index in [4.69, 9.17) is 0 Å². The first kappa shape index (κ1) is 15.5. The molecule has 1 saturated carbocycles. The molecule has 1 fully saturated rings. The molecule has 1 aromatic heterocycles. The van der Waals surface area contributed by atoms with Gasteiger partial charge in [0, 0.05) is 19.3 Å². The summed E-state index contributed by atoms with van der Waals surface area (Å²) in [6.45, 7) is 5.15. The van der Waals surface area contributed by atoms with E-state index in [-0.39, 0.29) is 17.5 Å². The molecule has 2 rings (SSSR count). The van der Waals surface area contributed by atoms with E-state index in [1.54, 1.807) is 17.1 Å². The van der Waals surface area contributed by atoms with Gasteiger partial charge in [-0.05, 0) is 24.7 Å². The number of rotatable bonds is 6. The van der Waals surface area contributed by atoms with E-state index in [9.17, 15) is 13.5 Å². The minimum atomic E-state index is -3.58. The topological polar surface area (TPSA) is 84.2 Å². The molecule has 0 aromatic carbocycles. The van der Waals surface area contributed by atoms with Gasteiger partial charge in [0.25, 0.3) is 10.0 Å². The van der Waals surface area contributed by atoms with Gasteiger partial charge in [-0.25, -0.2) is 18.1 Å². The SMILES string of the molecule is CC(C)Cn1cnc(S(=O)(=O)NC[C@@H]2CCC[C@H]2O)c1. The van der Waals surface area contributed by atoms with E-state index in [1.165, 1.54) is 0 Å². The molecule has 2 N–H and O–H groups in total. The number of imidazole rings is 1. The normalized spacial score (nSPS) is 23.6. The van der Waals surface area contributed by atoms with E-state index in [2.05, 4.69) is 23.6 Å². The predicted octanol–water partition coefficient (Wildman–Crippen LogP) is 0.978. The van der Waals surface area contributed by atoms with Gasteiger partial charge >= 0.3 is 0 Å². The van der Waals surface area contributed by atoms with Crippen LogP contribution >= 0.6 is 0 Å². The minimum absolute atomic E-state index is 0.0162. The zero-order valence-electron chi connectivity index (χ0n) is 12.0. The summed E-state index contributed by atoms with van der Waals surface area (Å²) in [6, 6.07) is 0. The van der Waals surface area contributed by atoms with Crippen LogP contribution in [0.5, 0.6) is 0 Å². The fourth-order valence-corrected chi connectivity index (χ4v) is 3.59. The molecule has 1 aliphatic rings. The molecule has 6 nitrogen and oxygen atoms in total. The third-order valence-corrected chi connectivity index (χ3v) is 4.92. The van der Waals surface area contributed by atoms with Crippen molar-refractivity contribution in [3.05, 3.63) is 12.5 Å². The lowest BCUT2D eigenvalue weighted by molar-refractivity contribution is 0.134.